The molecule has 1 aromatic carbocycles. The molecular formula is C17H21N3O5S. The number of aliphatic carboxylic acids is 1. The van der Waals surface area contributed by atoms with Crippen LogP contribution in [0.3, 0.4) is 0 Å². The van der Waals surface area contributed by atoms with Crippen LogP contribution in [0.5, 0.6) is 0 Å². The molecule has 2 heterocycles. The van der Waals surface area contributed by atoms with Gasteiger partial charge in [0, 0.05) is 32.1 Å². The first kappa shape index (κ1) is 18.4. The van der Waals surface area contributed by atoms with E-state index in [1.54, 1.807) is 30.1 Å². The van der Waals surface area contributed by atoms with Gasteiger partial charge in [-0.3, -0.25) is 4.79 Å². The van der Waals surface area contributed by atoms with Crippen LogP contribution in [0.15, 0.2) is 33.6 Å². The van der Waals surface area contributed by atoms with Crippen molar-refractivity contribution in [2.75, 3.05) is 20.1 Å². The zero-order valence-electron chi connectivity index (χ0n) is 14.5. The molecule has 1 saturated heterocycles. The van der Waals surface area contributed by atoms with Gasteiger partial charge in [-0.1, -0.05) is 12.1 Å². The molecule has 0 aliphatic carbocycles. The minimum absolute atomic E-state index is 0.176. The van der Waals surface area contributed by atoms with Gasteiger partial charge in [0.1, 0.15) is 16.8 Å². The van der Waals surface area contributed by atoms with Crippen molar-refractivity contribution in [3.63, 3.8) is 0 Å². The summed E-state index contributed by atoms with van der Waals surface area (Å²) in [6.07, 6.45) is 1.90. The number of amidine groups is 1. The van der Waals surface area contributed by atoms with E-state index in [9.17, 15) is 18.0 Å². The van der Waals surface area contributed by atoms with Crippen LogP contribution in [0.1, 0.15) is 31.2 Å². The van der Waals surface area contributed by atoms with E-state index < -0.39 is 22.0 Å². The van der Waals surface area contributed by atoms with Crippen molar-refractivity contribution in [2.45, 2.75) is 36.6 Å². The lowest BCUT2D eigenvalue weighted by molar-refractivity contribution is -0.148. The Balaban J connectivity index is 1.59. The van der Waals surface area contributed by atoms with Gasteiger partial charge in [-0.15, -0.1) is 4.40 Å². The van der Waals surface area contributed by atoms with Gasteiger partial charge in [0.15, 0.2) is 0 Å². The van der Waals surface area contributed by atoms with Crippen LogP contribution in [0.25, 0.3) is 0 Å². The van der Waals surface area contributed by atoms with Crippen LogP contribution in [0, 0.1) is 0 Å². The highest BCUT2D eigenvalue weighted by atomic mass is 32.2. The third-order valence-corrected chi connectivity index (χ3v) is 6.04. The fourth-order valence-electron chi connectivity index (χ4n) is 3.40. The lowest BCUT2D eigenvalue weighted by atomic mass is 10.1. The number of fused-ring (bicyclic) bond motifs is 1. The molecule has 2 aliphatic heterocycles. The van der Waals surface area contributed by atoms with Crippen LogP contribution in [0.2, 0.25) is 0 Å². The Kier molecular flexibility index (Phi) is 4.99. The van der Waals surface area contributed by atoms with Crippen molar-refractivity contribution in [1.82, 2.24) is 9.80 Å². The van der Waals surface area contributed by atoms with Crippen molar-refractivity contribution < 1.29 is 23.1 Å². The van der Waals surface area contributed by atoms with Gasteiger partial charge in [-0.25, -0.2) is 4.79 Å². The van der Waals surface area contributed by atoms with Crippen molar-refractivity contribution >= 4 is 27.7 Å². The highest BCUT2D eigenvalue weighted by Crippen LogP contribution is 2.27. The summed E-state index contributed by atoms with van der Waals surface area (Å²) in [4.78, 5) is 26.8. The fraction of sp³-hybridized carbons (Fsp3) is 0.471. The summed E-state index contributed by atoms with van der Waals surface area (Å²) >= 11 is 0. The molecule has 0 radical (unpaired) electrons. The molecule has 8 nitrogen and oxygen atoms in total. The summed E-state index contributed by atoms with van der Waals surface area (Å²) in [6.45, 7) is 0.921. The average Bonchev–Trinajstić information content (AvgIpc) is 3.18. The molecule has 1 atom stereocenters. The fourth-order valence-corrected chi connectivity index (χ4v) is 4.65. The van der Waals surface area contributed by atoms with E-state index in [0.717, 1.165) is 0 Å². The number of sulfonamides is 1. The standard InChI is InChI=1S/C17H21N3O5S/c1-19(16-12-6-2-3-8-14(12)26(24,25)18-16)10-5-9-15(21)20-11-4-7-13(20)17(22)23/h2-3,6,8,13H,4-5,7,9-11H2,1H3,(H,22,23)/t13-/m1/s1. The molecule has 1 N–H and O–H groups in total. The number of rotatable bonds is 5. The first-order valence-electron chi connectivity index (χ1n) is 8.49. The third-order valence-electron chi connectivity index (χ3n) is 4.72. The summed E-state index contributed by atoms with van der Waals surface area (Å²) in [5.41, 5.74) is 0.562. The van der Waals surface area contributed by atoms with Crippen molar-refractivity contribution in [3.8, 4) is 0 Å². The summed E-state index contributed by atoms with van der Waals surface area (Å²) in [7, 11) is -1.93. The Bertz CT molecular complexity index is 865. The first-order valence-corrected chi connectivity index (χ1v) is 9.93. The maximum atomic E-state index is 12.3. The van der Waals surface area contributed by atoms with E-state index in [1.165, 1.54) is 11.0 Å². The molecule has 9 heteroatoms. The van der Waals surface area contributed by atoms with E-state index in [2.05, 4.69) is 4.40 Å². The van der Waals surface area contributed by atoms with Gasteiger partial charge in [0.25, 0.3) is 10.0 Å². The molecule has 3 rings (SSSR count). The Labute approximate surface area is 152 Å². The van der Waals surface area contributed by atoms with Crippen molar-refractivity contribution in [3.05, 3.63) is 29.8 Å². The normalized spacial score (nSPS) is 20.6. The minimum Gasteiger partial charge on any atom is -0.480 e. The second-order valence-corrected chi connectivity index (χ2v) is 8.07. The second-order valence-electron chi connectivity index (χ2n) is 6.49. The molecule has 0 bridgehead atoms. The number of hydrogen-bond donors (Lipinski definition) is 1. The predicted molar refractivity (Wildman–Crippen MR) is 94.4 cm³/mol. The molecule has 0 saturated carbocycles. The van der Waals surface area contributed by atoms with E-state index in [0.29, 0.717) is 43.8 Å². The summed E-state index contributed by atoms with van der Waals surface area (Å²) in [5.74, 6) is -0.766. The molecule has 1 amide bonds. The zero-order valence-corrected chi connectivity index (χ0v) is 15.3. The van der Waals surface area contributed by atoms with Crippen molar-refractivity contribution in [1.29, 1.82) is 0 Å². The summed E-state index contributed by atoms with van der Waals surface area (Å²) < 4.78 is 28.0. The Morgan fingerprint density at radius 3 is 2.81 bits per heavy atom. The van der Waals surface area contributed by atoms with Crippen LogP contribution < -0.4 is 0 Å². The maximum Gasteiger partial charge on any atom is 0.326 e. The number of amides is 1. The number of carboxylic acids is 1. The lowest BCUT2D eigenvalue weighted by Crippen LogP contribution is -2.40. The quantitative estimate of drug-likeness (QED) is 0.815. The molecule has 1 fully saturated rings. The number of carbonyl (C=O) groups excluding carboxylic acids is 1. The molecule has 140 valence electrons. The number of hydrogen-bond acceptors (Lipinski definition) is 5. The Morgan fingerprint density at radius 1 is 1.35 bits per heavy atom. The predicted octanol–water partition coefficient (Wildman–Crippen LogP) is 0.923. The van der Waals surface area contributed by atoms with E-state index >= 15 is 0 Å². The maximum absolute atomic E-state index is 12.3. The molecule has 0 unspecified atom stereocenters. The number of carbonyl (C=O) groups is 2. The summed E-state index contributed by atoms with van der Waals surface area (Å²) in [6, 6.07) is 5.92. The third kappa shape index (κ3) is 3.44. The SMILES string of the molecule is CN(CCCC(=O)N1CCC[C@@H]1C(=O)O)C1=NS(=O)(=O)c2ccccc21. The van der Waals surface area contributed by atoms with Gasteiger partial charge in [0.05, 0.1) is 0 Å². The molecule has 1 aromatic rings. The molecule has 0 aromatic heterocycles. The van der Waals surface area contributed by atoms with Crippen molar-refractivity contribution in [2.24, 2.45) is 4.40 Å². The Morgan fingerprint density at radius 2 is 2.08 bits per heavy atom. The largest absolute Gasteiger partial charge is 0.480 e. The molecule has 0 spiro atoms. The van der Waals surface area contributed by atoms with E-state index in [-0.39, 0.29) is 17.2 Å². The second kappa shape index (κ2) is 7.06. The first-order chi connectivity index (χ1) is 12.3. The van der Waals surface area contributed by atoms with Crippen LogP contribution in [-0.4, -0.2) is 67.2 Å². The highest BCUT2D eigenvalue weighted by molar-refractivity contribution is 7.90. The number of likely N-dealkylation sites (tertiary alicyclic amines) is 1. The van der Waals surface area contributed by atoms with E-state index in [4.69, 9.17) is 5.11 Å². The molecule has 26 heavy (non-hydrogen) atoms. The topological polar surface area (TPSA) is 107 Å². The van der Waals surface area contributed by atoms with Crippen LogP contribution in [-0.2, 0) is 19.6 Å². The van der Waals surface area contributed by atoms with Gasteiger partial charge >= 0.3 is 5.97 Å². The van der Waals surface area contributed by atoms with Gasteiger partial charge in [0.2, 0.25) is 5.91 Å². The zero-order chi connectivity index (χ0) is 18.9. The molecule has 2 aliphatic rings. The highest BCUT2D eigenvalue weighted by Gasteiger charge is 2.34. The smallest absolute Gasteiger partial charge is 0.326 e. The lowest BCUT2D eigenvalue weighted by Gasteiger charge is -2.23. The van der Waals surface area contributed by atoms with Crippen LogP contribution >= 0.6 is 0 Å². The van der Waals surface area contributed by atoms with Gasteiger partial charge in [-0.2, -0.15) is 8.42 Å². The number of benzene rings is 1. The monoisotopic (exact) mass is 379 g/mol. The minimum atomic E-state index is -3.67. The Hall–Kier alpha value is -2.42. The number of carboxylic acid groups (broad SMARTS) is 1. The molecular weight excluding hydrogens is 358 g/mol. The van der Waals surface area contributed by atoms with E-state index in [1.807, 2.05) is 0 Å². The van der Waals surface area contributed by atoms with Crippen LogP contribution in [0.4, 0.5) is 0 Å². The van der Waals surface area contributed by atoms with Gasteiger partial charge < -0.3 is 14.9 Å². The van der Waals surface area contributed by atoms with Gasteiger partial charge in [-0.05, 0) is 31.4 Å². The average molecular weight is 379 g/mol. The number of nitrogens with zero attached hydrogens (tertiary/aromatic N) is 3. The summed E-state index contributed by atoms with van der Waals surface area (Å²) in [5, 5.41) is 9.16.